The first-order valence-electron chi connectivity index (χ1n) is 7.72. The van der Waals surface area contributed by atoms with Gasteiger partial charge in [-0.1, -0.05) is 30.3 Å². The molecular formula is C19H22N2O3. The second-order valence-electron chi connectivity index (χ2n) is 5.34. The van der Waals surface area contributed by atoms with Crippen molar-refractivity contribution in [2.24, 2.45) is 5.10 Å². The highest BCUT2D eigenvalue weighted by Crippen LogP contribution is 2.29. The Morgan fingerprint density at radius 3 is 2.46 bits per heavy atom. The van der Waals surface area contributed by atoms with Gasteiger partial charge in [0.1, 0.15) is 0 Å². The van der Waals surface area contributed by atoms with E-state index in [1.807, 2.05) is 49.4 Å². The van der Waals surface area contributed by atoms with E-state index in [4.69, 9.17) is 9.47 Å². The fraction of sp³-hybridized carbons (Fsp3) is 0.263. The van der Waals surface area contributed by atoms with E-state index < -0.39 is 0 Å². The zero-order valence-electron chi connectivity index (χ0n) is 14.2. The molecule has 2 aromatic rings. The molecule has 5 nitrogen and oxygen atoms in total. The Labute approximate surface area is 142 Å². The van der Waals surface area contributed by atoms with Gasteiger partial charge in [-0.15, -0.1) is 0 Å². The molecule has 1 amide bonds. The number of nitrogens with one attached hydrogen (secondary N) is 1. The lowest BCUT2D eigenvalue weighted by molar-refractivity contribution is -0.121. The van der Waals surface area contributed by atoms with Crippen molar-refractivity contribution in [1.29, 1.82) is 0 Å². The number of hydrogen-bond acceptors (Lipinski definition) is 4. The molecule has 0 heterocycles. The van der Waals surface area contributed by atoms with Crippen molar-refractivity contribution < 1.29 is 14.3 Å². The number of benzene rings is 2. The van der Waals surface area contributed by atoms with E-state index >= 15 is 0 Å². The van der Waals surface area contributed by atoms with Crippen LogP contribution >= 0.6 is 0 Å². The Balaban J connectivity index is 1.92. The van der Waals surface area contributed by atoms with Crippen LogP contribution in [0.15, 0.2) is 47.6 Å². The number of ether oxygens (including phenoxy) is 2. The molecule has 126 valence electrons. The Hall–Kier alpha value is -2.82. The highest BCUT2D eigenvalue weighted by atomic mass is 16.5. The Bertz CT molecular complexity index is 712. The van der Waals surface area contributed by atoms with Gasteiger partial charge in [0.2, 0.25) is 5.91 Å². The fourth-order valence-electron chi connectivity index (χ4n) is 2.27. The predicted molar refractivity (Wildman–Crippen MR) is 94.8 cm³/mol. The van der Waals surface area contributed by atoms with Crippen LogP contribution < -0.4 is 14.9 Å². The SMILES string of the molecule is COc1cc(C)c(/C=N/NC(=O)CCc2ccccc2)cc1OC. The molecule has 0 aliphatic rings. The molecule has 2 aromatic carbocycles. The van der Waals surface area contributed by atoms with Gasteiger partial charge in [0.15, 0.2) is 11.5 Å². The number of rotatable bonds is 7. The first-order chi connectivity index (χ1) is 11.6. The number of methoxy groups -OCH3 is 2. The lowest BCUT2D eigenvalue weighted by Gasteiger charge is -2.10. The van der Waals surface area contributed by atoms with E-state index in [2.05, 4.69) is 10.5 Å². The minimum Gasteiger partial charge on any atom is -0.493 e. The zero-order valence-corrected chi connectivity index (χ0v) is 14.2. The van der Waals surface area contributed by atoms with Gasteiger partial charge < -0.3 is 9.47 Å². The molecule has 0 spiro atoms. The quantitative estimate of drug-likeness (QED) is 0.628. The summed E-state index contributed by atoms with van der Waals surface area (Å²) < 4.78 is 10.5. The summed E-state index contributed by atoms with van der Waals surface area (Å²) in [4.78, 5) is 11.8. The number of carbonyl (C=O) groups is 1. The van der Waals surface area contributed by atoms with Gasteiger partial charge >= 0.3 is 0 Å². The summed E-state index contributed by atoms with van der Waals surface area (Å²) in [5.74, 6) is 1.17. The van der Waals surface area contributed by atoms with E-state index in [9.17, 15) is 4.79 Å². The maximum absolute atomic E-state index is 11.8. The second kappa shape index (κ2) is 8.72. The Morgan fingerprint density at radius 2 is 1.79 bits per heavy atom. The van der Waals surface area contributed by atoms with Crippen LogP contribution in [0.1, 0.15) is 23.1 Å². The third-order valence-corrected chi connectivity index (χ3v) is 3.65. The summed E-state index contributed by atoms with van der Waals surface area (Å²) in [5.41, 5.74) is 5.52. The summed E-state index contributed by atoms with van der Waals surface area (Å²) >= 11 is 0. The van der Waals surface area contributed by atoms with Gasteiger partial charge in [0.05, 0.1) is 20.4 Å². The van der Waals surface area contributed by atoms with Crippen molar-refractivity contribution in [3.8, 4) is 11.5 Å². The van der Waals surface area contributed by atoms with Crippen LogP contribution in [0.2, 0.25) is 0 Å². The van der Waals surface area contributed by atoms with Crippen molar-refractivity contribution in [3.05, 3.63) is 59.2 Å². The lowest BCUT2D eigenvalue weighted by Crippen LogP contribution is -2.18. The van der Waals surface area contributed by atoms with Crippen LogP contribution in [0.5, 0.6) is 11.5 Å². The molecule has 2 rings (SSSR count). The molecule has 0 saturated heterocycles. The summed E-state index contributed by atoms with van der Waals surface area (Å²) in [5, 5.41) is 4.02. The number of hydrogen-bond donors (Lipinski definition) is 1. The summed E-state index contributed by atoms with van der Waals surface area (Å²) in [6, 6.07) is 13.6. The van der Waals surface area contributed by atoms with Gasteiger partial charge in [-0.25, -0.2) is 5.43 Å². The number of aryl methyl sites for hydroxylation is 2. The predicted octanol–water partition coefficient (Wildman–Crippen LogP) is 3.10. The average molecular weight is 326 g/mol. The van der Waals surface area contributed by atoms with E-state index in [1.165, 1.54) is 0 Å². The van der Waals surface area contributed by atoms with Crippen molar-refractivity contribution in [3.63, 3.8) is 0 Å². The second-order valence-corrected chi connectivity index (χ2v) is 5.34. The first-order valence-corrected chi connectivity index (χ1v) is 7.72. The molecule has 5 heteroatoms. The number of nitrogens with zero attached hydrogens (tertiary/aromatic N) is 1. The molecular weight excluding hydrogens is 304 g/mol. The highest BCUT2D eigenvalue weighted by molar-refractivity contribution is 5.85. The third-order valence-electron chi connectivity index (χ3n) is 3.65. The maximum Gasteiger partial charge on any atom is 0.240 e. The van der Waals surface area contributed by atoms with Gasteiger partial charge in [0.25, 0.3) is 0 Å². The molecule has 0 radical (unpaired) electrons. The number of hydrazone groups is 1. The van der Waals surface area contributed by atoms with Crippen LogP contribution in [0.4, 0.5) is 0 Å². The van der Waals surface area contributed by atoms with Crippen molar-refractivity contribution in [2.75, 3.05) is 14.2 Å². The lowest BCUT2D eigenvalue weighted by atomic mass is 10.1. The van der Waals surface area contributed by atoms with Crippen LogP contribution in [0.25, 0.3) is 0 Å². The van der Waals surface area contributed by atoms with Crippen LogP contribution in [0, 0.1) is 6.92 Å². The molecule has 1 N–H and O–H groups in total. The Kier molecular flexibility index (Phi) is 6.37. The molecule has 0 unspecified atom stereocenters. The molecule has 24 heavy (non-hydrogen) atoms. The van der Waals surface area contributed by atoms with Gasteiger partial charge in [-0.05, 0) is 36.6 Å². The van der Waals surface area contributed by atoms with Crippen molar-refractivity contribution in [1.82, 2.24) is 5.43 Å². The minimum absolute atomic E-state index is 0.117. The smallest absolute Gasteiger partial charge is 0.240 e. The molecule has 0 fully saturated rings. The first kappa shape index (κ1) is 17.5. The molecule has 0 bridgehead atoms. The van der Waals surface area contributed by atoms with Crippen LogP contribution in [0.3, 0.4) is 0 Å². The summed E-state index contributed by atoms with van der Waals surface area (Å²) in [6.07, 6.45) is 2.70. The molecule has 0 atom stereocenters. The standard InChI is InChI=1S/C19H22N2O3/c1-14-11-17(23-2)18(24-3)12-16(14)13-20-21-19(22)10-9-15-7-5-4-6-8-15/h4-8,11-13H,9-10H2,1-3H3,(H,21,22)/b20-13+. The monoisotopic (exact) mass is 326 g/mol. The number of amides is 1. The van der Waals surface area contributed by atoms with Gasteiger partial charge in [0, 0.05) is 12.0 Å². The number of carbonyl (C=O) groups excluding carboxylic acids is 1. The van der Waals surface area contributed by atoms with E-state index in [0.29, 0.717) is 24.3 Å². The van der Waals surface area contributed by atoms with Crippen molar-refractivity contribution >= 4 is 12.1 Å². The molecule has 0 saturated carbocycles. The van der Waals surface area contributed by atoms with Crippen LogP contribution in [-0.2, 0) is 11.2 Å². The molecule has 0 aliphatic carbocycles. The minimum atomic E-state index is -0.117. The molecule has 0 aromatic heterocycles. The van der Waals surface area contributed by atoms with Gasteiger partial charge in [-0.2, -0.15) is 5.10 Å². The molecule has 0 aliphatic heterocycles. The summed E-state index contributed by atoms with van der Waals surface area (Å²) in [7, 11) is 3.18. The third kappa shape index (κ3) is 4.84. The van der Waals surface area contributed by atoms with E-state index in [1.54, 1.807) is 20.4 Å². The normalized spacial score (nSPS) is 10.6. The zero-order chi connectivity index (χ0) is 17.4. The average Bonchev–Trinajstić information content (AvgIpc) is 2.61. The fourth-order valence-corrected chi connectivity index (χ4v) is 2.27. The largest absolute Gasteiger partial charge is 0.493 e. The van der Waals surface area contributed by atoms with E-state index in [-0.39, 0.29) is 5.91 Å². The van der Waals surface area contributed by atoms with E-state index in [0.717, 1.165) is 16.7 Å². The Morgan fingerprint density at radius 1 is 1.12 bits per heavy atom. The highest BCUT2D eigenvalue weighted by Gasteiger charge is 2.07. The van der Waals surface area contributed by atoms with Crippen LogP contribution in [-0.4, -0.2) is 26.3 Å². The summed E-state index contributed by atoms with van der Waals surface area (Å²) in [6.45, 7) is 1.94. The topological polar surface area (TPSA) is 59.9 Å². The van der Waals surface area contributed by atoms with Gasteiger partial charge in [-0.3, -0.25) is 4.79 Å². The maximum atomic E-state index is 11.8. The van der Waals surface area contributed by atoms with Crippen molar-refractivity contribution in [2.45, 2.75) is 19.8 Å².